The van der Waals surface area contributed by atoms with Crippen LogP contribution < -0.4 is 5.32 Å². The largest absolute Gasteiger partial charge is 0.480 e. The predicted octanol–water partition coefficient (Wildman–Crippen LogP) is 1.78. The van der Waals surface area contributed by atoms with Crippen molar-refractivity contribution in [3.63, 3.8) is 0 Å². The first-order valence-corrected chi connectivity index (χ1v) is 6.03. The Balaban J connectivity index is 2.19. The van der Waals surface area contributed by atoms with Crippen molar-refractivity contribution in [2.24, 2.45) is 0 Å². The maximum absolute atomic E-state index is 13.4. The van der Waals surface area contributed by atoms with Crippen LogP contribution in [0.4, 0.5) is 14.9 Å². The molecule has 0 saturated carbocycles. The zero-order valence-corrected chi connectivity index (χ0v) is 10.5. The molecule has 1 aromatic rings. The van der Waals surface area contributed by atoms with Crippen LogP contribution in [-0.2, 0) is 4.79 Å². The SMILES string of the molecule is N#Cc1c(F)cccc1NC(=O)N1CCC[C@@H]1C(=O)O. The number of hydrogen-bond acceptors (Lipinski definition) is 3. The number of halogens is 1. The smallest absolute Gasteiger partial charge is 0.326 e. The number of benzene rings is 1. The van der Waals surface area contributed by atoms with Gasteiger partial charge in [0.1, 0.15) is 23.5 Å². The molecule has 0 bridgehead atoms. The molecule has 0 radical (unpaired) electrons. The van der Waals surface area contributed by atoms with Gasteiger partial charge in [0.2, 0.25) is 0 Å². The summed E-state index contributed by atoms with van der Waals surface area (Å²) in [4.78, 5) is 24.2. The summed E-state index contributed by atoms with van der Waals surface area (Å²) in [6.07, 6.45) is 0.982. The second-order valence-electron chi connectivity index (χ2n) is 4.39. The molecule has 1 aliphatic rings. The molecule has 2 rings (SSSR count). The highest BCUT2D eigenvalue weighted by Gasteiger charge is 2.34. The fourth-order valence-corrected chi connectivity index (χ4v) is 2.20. The van der Waals surface area contributed by atoms with Gasteiger partial charge in [-0.1, -0.05) is 6.07 Å². The molecule has 20 heavy (non-hydrogen) atoms. The number of carboxylic acids is 1. The molecule has 1 heterocycles. The number of hydrogen-bond donors (Lipinski definition) is 2. The number of nitrogens with zero attached hydrogens (tertiary/aromatic N) is 2. The third-order valence-corrected chi connectivity index (χ3v) is 3.17. The third-order valence-electron chi connectivity index (χ3n) is 3.17. The van der Waals surface area contributed by atoms with E-state index in [9.17, 15) is 14.0 Å². The predicted molar refractivity (Wildman–Crippen MR) is 67.5 cm³/mol. The Hall–Kier alpha value is -2.62. The maximum atomic E-state index is 13.4. The Labute approximate surface area is 114 Å². The molecular formula is C13H12FN3O3. The number of rotatable bonds is 2. The van der Waals surface area contributed by atoms with Crippen molar-refractivity contribution in [2.75, 3.05) is 11.9 Å². The van der Waals surface area contributed by atoms with Crippen molar-refractivity contribution in [1.29, 1.82) is 5.26 Å². The molecule has 1 fully saturated rings. The van der Waals surface area contributed by atoms with Gasteiger partial charge in [-0.3, -0.25) is 0 Å². The zero-order valence-electron chi connectivity index (χ0n) is 10.5. The van der Waals surface area contributed by atoms with E-state index >= 15 is 0 Å². The number of carbonyl (C=O) groups is 2. The lowest BCUT2D eigenvalue weighted by Gasteiger charge is -2.22. The lowest BCUT2D eigenvalue weighted by atomic mass is 10.2. The van der Waals surface area contributed by atoms with E-state index in [0.717, 1.165) is 6.07 Å². The highest BCUT2D eigenvalue weighted by Crippen LogP contribution is 2.22. The monoisotopic (exact) mass is 277 g/mol. The molecule has 0 aromatic heterocycles. The number of urea groups is 1. The van der Waals surface area contributed by atoms with Gasteiger partial charge in [-0.15, -0.1) is 0 Å². The van der Waals surface area contributed by atoms with Gasteiger partial charge in [0.25, 0.3) is 0 Å². The van der Waals surface area contributed by atoms with Crippen molar-refractivity contribution < 1.29 is 19.1 Å². The van der Waals surface area contributed by atoms with Gasteiger partial charge in [0.15, 0.2) is 0 Å². The molecule has 0 unspecified atom stereocenters. The van der Waals surface area contributed by atoms with E-state index in [1.54, 1.807) is 6.07 Å². The quantitative estimate of drug-likeness (QED) is 0.861. The maximum Gasteiger partial charge on any atom is 0.326 e. The second kappa shape index (κ2) is 5.57. The van der Waals surface area contributed by atoms with Crippen molar-refractivity contribution in [3.8, 4) is 6.07 Å². The van der Waals surface area contributed by atoms with Crippen LogP contribution in [0.25, 0.3) is 0 Å². The molecule has 104 valence electrons. The minimum Gasteiger partial charge on any atom is -0.480 e. The van der Waals surface area contributed by atoms with E-state index in [1.165, 1.54) is 17.0 Å². The molecular weight excluding hydrogens is 265 g/mol. The molecule has 1 saturated heterocycles. The fraction of sp³-hybridized carbons (Fsp3) is 0.308. The summed E-state index contributed by atoms with van der Waals surface area (Å²) in [7, 11) is 0. The van der Waals surface area contributed by atoms with E-state index in [4.69, 9.17) is 10.4 Å². The number of likely N-dealkylation sites (tertiary alicyclic amines) is 1. The minimum absolute atomic E-state index is 0.0357. The lowest BCUT2D eigenvalue weighted by molar-refractivity contribution is -0.141. The van der Waals surface area contributed by atoms with Crippen molar-refractivity contribution in [2.45, 2.75) is 18.9 Å². The minimum atomic E-state index is -1.07. The van der Waals surface area contributed by atoms with Gasteiger partial charge in [-0.25, -0.2) is 14.0 Å². The summed E-state index contributed by atoms with van der Waals surface area (Å²) in [5, 5.41) is 20.3. The van der Waals surface area contributed by atoms with Gasteiger partial charge < -0.3 is 15.3 Å². The van der Waals surface area contributed by atoms with E-state index in [2.05, 4.69) is 5.32 Å². The Kier molecular flexibility index (Phi) is 3.84. The number of carbonyl (C=O) groups excluding carboxylic acids is 1. The summed E-state index contributed by atoms with van der Waals surface area (Å²) >= 11 is 0. The molecule has 1 atom stereocenters. The molecule has 2 amide bonds. The van der Waals surface area contributed by atoms with Gasteiger partial charge in [0.05, 0.1) is 5.69 Å². The number of nitrogens with one attached hydrogen (secondary N) is 1. The van der Waals surface area contributed by atoms with Crippen molar-refractivity contribution in [3.05, 3.63) is 29.6 Å². The topological polar surface area (TPSA) is 93.4 Å². The van der Waals surface area contributed by atoms with Gasteiger partial charge >= 0.3 is 12.0 Å². The van der Waals surface area contributed by atoms with Gasteiger partial charge in [-0.2, -0.15) is 5.26 Å². The number of aliphatic carboxylic acids is 1. The van der Waals surface area contributed by atoms with Crippen LogP contribution in [0.1, 0.15) is 18.4 Å². The summed E-state index contributed by atoms with van der Waals surface area (Å²) in [5.41, 5.74) is -0.236. The van der Waals surface area contributed by atoms with Crippen LogP contribution in [0.3, 0.4) is 0 Å². The molecule has 0 aliphatic carbocycles. The number of amides is 2. The van der Waals surface area contributed by atoms with Crippen LogP contribution in [0.2, 0.25) is 0 Å². The van der Waals surface area contributed by atoms with Gasteiger partial charge in [0, 0.05) is 6.54 Å². The number of nitriles is 1. The highest BCUT2D eigenvalue weighted by atomic mass is 19.1. The third kappa shape index (κ3) is 2.54. The Morgan fingerprint density at radius 3 is 2.90 bits per heavy atom. The van der Waals surface area contributed by atoms with Crippen LogP contribution in [0, 0.1) is 17.1 Å². The Morgan fingerprint density at radius 2 is 2.25 bits per heavy atom. The van der Waals surface area contributed by atoms with E-state index in [0.29, 0.717) is 19.4 Å². The molecule has 0 spiro atoms. The number of anilines is 1. The van der Waals surface area contributed by atoms with Crippen molar-refractivity contribution >= 4 is 17.7 Å². The molecule has 7 heteroatoms. The van der Waals surface area contributed by atoms with Crippen LogP contribution in [-0.4, -0.2) is 34.6 Å². The summed E-state index contributed by atoms with van der Waals surface area (Å²) in [6, 6.07) is 4.02. The summed E-state index contributed by atoms with van der Waals surface area (Å²) in [5.74, 6) is -1.81. The Bertz CT molecular complexity index is 597. The first-order chi connectivity index (χ1) is 9.54. The molecule has 1 aliphatic heterocycles. The van der Waals surface area contributed by atoms with Gasteiger partial charge in [-0.05, 0) is 25.0 Å². The number of carboxylic acid groups (broad SMARTS) is 1. The van der Waals surface area contributed by atoms with Crippen LogP contribution in [0.15, 0.2) is 18.2 Å². The van der Waals surface area contributed by atoms with E-state index in [1.807, 2.05) is 0 Å². The van der Waals surface area contributed by atoms with E-state index in [-0.39, 0.29) is 11.3 Å². The van der Waals surface area contributed by atoms with Crippen molar-refractivity contribution in [1.82, 2.24) is 4.90 Å². The fourth-order valence-electron chi connectivity index (χ4n) is 2.20. The molecule has 2 N–H and O–H groups in total. The normalized spacial score (nSPS) is 17.6. The summed E-state index contributed by atoms with van der Waals surface area (Å²) in [6.45, 7) is 0.319. The highest BCUT2D eigenvalue weighted by molar-refractivity contribution is 5.93. The second-order valence-corrected chi connectivity index (χ2v) is 4.39. The standard InChI is InChI=1S/C13H12FN3O3/c14-9-3-1-4-10(8(9)7-15)16-13(20)17-6-2-5-11(17)12(18)19/h1,3-4,11H,2,5-6H2,(H,16,20)(H,18,19)/t11-/m1/s1. The molecule has 1 aromatic carbocycles. The summed E-state index contributed by atoms with van der Waals surface area (Å²) < 4.78 is 13.4. The molecule has 6 nitrogen and oxygen atoms in total. The zero-order chi connectivity index (χ0) is 14.7. The first kappa shape index (κ1) is 13.8. The Morgan fingerprint density at radius 1 is 1.50 bits per heavy atom. The van der Waals surface area contributed by atoms with E-state index < -0.39 is 23.9 Å². The average Bonchev–Trinajstić information content (AvgIpc) is 2.88. The average molecular weight is 277 g/mol. The van der Waals surface area contributed by atoms with Crippen LogP contribution >= 0.6 is 0 Å². The first-order valence-electron chi connectivity index (χ1n) is 6.03. The lowest BCUT2D eigenvalue weighted by Crippen LogP contribution is -2.42. The van der Waals surface area contributed by atoms with Crippen LogP contribution in [0.5, 0.6) is 0 Å².